The van der Waals surface area contributed by atoms with Crippen molar-refractivity contribution in [1.82, 2.24) is 4.90 Å². The minimum absolute atomic E-state index is 0.149. The smallest absolute Gasteiger partial charge is 0.255 e. The predicted octanol–water partition coefficient (Wildman–Crippen LogP) is 4.18. The first-order chi connectivity index (χ1) is 13.7. The minimum atomic E-state index is 0.149. The maximum absolute atomic E-state index is 13.4. The Morgan fingerprint density at radius 3 is 2.32 bits per heavy atom. The molecule has 1 saturated heterocycles. The summed E-state index contributed by atoms with van der Waals surface area (Å²) >= 11 is 0. The van der Waals surface area contributed by atoms with Gasteiger partial charge in [0.05, 0.1) is 26.9 Å². The molecule has 3 aromatic rings. The summed E-state index contributed by atoms with van der Waals surface area (Å²) in [4.78, 5) is 15.5. The molecule has 0 spiro atoms. The van der Waals surface area contributed by atoms with Gasteiger partial charge in [-0.2, -0.15) is 0 Å². The Morgan fingerprint density at radius 2 is 1.61 bits per heavy atom. The Bertz CT molecular complexity index is 1120. The van der Waals surface area contributed by atoms with E-state index in [0.717, 1.165) is 64.2 Å². The number of nitrogens with zero attached hydrogens (tertiary/aromatic N) is 1. The van der Waals surface area contributed by atoms with Gasteiger partial charge < -0.3 is 19.1 Å². The Balaban J connectivity index is 1.93. The number of hydrogen-bond acceptors (Lipinski definition) is 4. The topological polar surface area (TPSA) is 48.0 Å². The van der Waals surface area contributed by atoms with Crippen LogP contribution in [-0.4, -0.2) is 44.7 Å². The molecule has 1 fully saturated rings. The van der Waals surface area contributed by atoms with E-state index in [1.54, 1.807) is 21.3 Å². The maximum Gasteiger partial charge on any atom is 0.255 e. The van der Waals surface area contributed by atoms with E-state index in [4.69, 9.17) is 14.2 Å². The number of benzene rings is 3. The summed E-state index contributed by atoms with van der Waals surface area (Å²) in [7, 11) is 4.94. The average Bonchev–Trinajstić information content (AvgIpc) is 3.21. The number of amides is 1. The van der Waals surface area contributed by atoms with E-state index < -0.39 is 0 Å². The molecule has 144 valence electrons. The van der Waals surface area contributed by atoms with Gasteiger partial charge in [-0.05, 0) is 76.7 Å². The molecule has 0 saturated carbocycles. The molecule has 3 aromatic carbocycles. The van der Waals surface area contributed by atoms with Crippen LogP contribution in [0.2, 0.25) is 0 Å². The zero-order valence-corrected chi connectivity index (χ0v) is 16.4. The molecule has 0 aromatic heterocycles. The largest absolute Gasteiger partial charge is 0.497 e. The number of ether oxygens (including phenoxy) is 3. The van der Waals surface area contributed by atoms with E-state index in [9.17, 15) is 4.79 Å². The van der Waals surface area contributed by atoms with Gasteiger partial charge in [0.15, 0.2) is 11.5 Å². The third kappa shape index (κ3) is 2.28. The van der Waals surface area contributed by atoms with Crippen molar-refractivity contribution in [2.45, 2.75) is 25.3 Å². The van der Waals surface area contributed by atoms with Crippen molar-refractivity contribution < 1.29 is 19.0 Å². The van der Waals surface area contributed by atoms with Gasteiger partial charge in [0.2, 0.25) is 0 Å². The molecule has 28 heavy (non-hydrogen) atoms. The fourth-order valence-electron chi connectivity index (χ4n) is 4.89. The summed E-state index contributed by atoms with van der Waals surface area (Å²) in [5.74, 6) is 2.28. The van der Waals surface area contributed by atoms with Gasteiger partial charge in [-0.3, -0.25) is 4.79 Å². The molecule has 1 amide bonds. The van der Waals surface area contributed by atoms with Crippen LogP contribution in [0, 0.1) is 0 Å². The van der Waals surface area contributed by atoms with Gasteiger partial charge in [-0.1, -0.05) is 0 Å². The van der Waals surface area contributed by atoms with E-state index in [1.165, 1.54) is 0 Å². The van der Waals surface area contributed by atoms with Gasteiger partial charge in [0, 0.05) is 12.6 Å². The highest BCUT2D eigenvalue weighted by atomic mass is 16.5. The van der Waals surface area contributed by atoms with Crippen LogP contribution in [0.3, 0.4) is 0 Å². The van der Waals surface area contributed by atoms with E-state index in [1.807, 2.05) is 30.3 Å². The average molecular weight is 377 g/mol. The van der Waals surface area contributed by atoms with Gasteiger partial charge in [-0.15, -0.1) is 0 Å². The molecule has 2 aliphatic rings. The second-order valence-corrected chi connectivity index (χ2v) is 7.52. The molecule has 0 aliphatic carbocycles. The van der Waals surface area contributed by atoms with Crippen molar-refractivity contribution in [3.05, 3.63) is 41.5 Å². The van der Waals surface area contributed by atoms with Crippen LogP contribution in [0.4, 0.5) is 0 Å². The first-order valence-electron chi connectivity index (χ1n) is 9.65. The molecule has 0 bridgehead atoms. The lowest BCUT2D eigenvalue weighted by molar-refractivity contribution is 0.0717. The molecule has 0 N–H and O–H groups in total. The van der Waals surface area contributed by atoms with Gasteiger partial charge in [-0.25, -0.2) is 0 Å². The monoisotopic (exact) mass is 377 g/mol. The number of hydrogen-bond donors (Lipinski definition) is 0. The molecule has 0 radical (unpaired) electrons. The Hall–Kier alpha value is -2.95. The normalized spacial score (nSPS) is 18.3. The molecule has 2 aliphatic heterocycles. The molecule has 5 heteroatoms. The van der Waals surface area contributed by atoms with E-state index in [-0.39, 0.29) is 5.91 Å². The highest BCUT2D eigenvalue weighted by Crippen LogP contribution is 2.44. The Kier molecular flexibility index (Phi) is 3.86. The molecular formula is C23H23NO4. The van der Waals surface area contributed by atoms with Crippen molar-refractivity contribution in [3.8, 4) is 17.2 Å². The van der Waals surface area contributed by atoms with E-state index in [0.29, 0.717) is 17.5 Å². The van der Waals surface area contributed by atoms with Crippen molar-refractivity contribution >= 4 is 27.5 Å². The molecule has 5 nitrogen and oxygen atoms in total. The lowest BCUT2D eigenvalue weighted by Crippen LogP contribution is -2.41. The highest BCUT2D eigenvalue weighted by molar-refractivity contribution is 6.20. The number of rotatable bonds is 3. The van der Waals surface area contributed by atoms with Gasteiger partial charge >= 0.3 is 0 Å². The van der Waals surface area contributed by atoms with Crippen LogP contribution in [0.1, 0.15) is 28.8 Å². The summed E-state index contributed by atoms with van der Waals surface area (Å²) in [5, 5.41) is 4.10. The molecule has 5 rings (SSSR count). The van der Waals surface area contributed by atoms with Crippen LogP contribution < -0.4 is 14.2 Å². The number of methoxy groups -OCH3 is 3. The summed E-state index contributed by atoms with van der Waals surface area (Å²) in [6.45, 7) is 0.852. The summed E-state index contributed by atoms with van der Waals surface area (Å²) < 4.78 is 16.6. The van der Waals surface area contributed by atoms with Crippen molar-refractivity contribution in [2.75, 3.05) is 27.9 Å². The van der Waals surface area contributed by atoms with Crippen LogP contribution in [-0.2, 0) is 6.42 Å². The molecular weight excluding hydrogens is 354 g/mol. The third-order valence-corrected chi connectivity index (χ3v) is 6.23. The summed E-state index contributed by atoms with van der Waals surface area (Å²) in [6, 6.07) is 10.3. The van der Waals surface area contributed by atoms with Crippen molar-refractivity contribution in [1.29, 1.82) is 0 Å². The second-order valence-electron chi connectivity index (χ2n) is 7.52. The maximum atomic E-state index is 13.4. The summed E-state index contributed by atoms with van der Waals surface area (Å²) in [5.41, 5.74) is 1.96. The zero-order chi connectivity index (χ0) is 19.4. The second kappa shape index (κ2) is 6.30. The van der Waals surface area contributed by atoms with E-state index >= 15 is 0 Å². The fourth-order valence-corrected chi connectivity index (χ4v) is 4.89. The van der Waals surface area contributed by atoms with Crippen LogP contribution >= 0.6 is 0 Å². The fraction of sp³-hybridized carbons (Fsp3) is 0.348. The molecule has 2 heterocycles. The van der Waals surface area contributed by atoms with Gasteiger partial charge in [0.25, 0.3) is 5.91 Å². The molecule has 1 atom stereocenters. The Morgan fingerprint density at radius 1 is 0.893 bits per heavy atom. The van der Waals surface area contributed by atoms with Crippen molar-refractivity contribution in [2.24, 2.45) is 0 Å². The van der Waals surface area contributed by atoms with Crippen LogP contribution in [0.5, 0.6) is 17.2 Å². The SMILES string of the molecule is COc1ccc2c3c(c4cc(OC)c(OC)cc4c2c1)CC1CCCN1C3=O. The van der Waals surface area contributed by atoms with Crippen molar-refractivity contribution in [3.63, 3.8) is 0 Å². The van der Waals surface area contributed by atoms with Gasteiger partial charge in [0.1, 0.15) is 5.75 Å². The third-order valence-electron chi connectivity index (χ3n) is 6.23. The number of carbonyl (C=O) groups excluding carboxylic acids is 1. The summed E-state index contributed by atoms with van der Waals surface area (Å²) in [6.07, 6.45) is 3.03. The van der Waals surface area contributed by atoms with E-state index in [2.05, 4.69) is 4.90 Å². The number of carbonyl (C=O) groups is 1. The highest BCUT2D eigenvalue weighted by Gasteiger charge is 2.37. The number of fused-ring (bicyclic) bond motifs is 7. The predicted molar refractivity (Wildman–Crippen MR) is 109 cm³/mol. The zero-order valence-electron chi connectivity index (χ0n) is 16.4. The minimum Gasteiger partial charge on any atom is -0.497 e. The molecule has 1 unspecified atom stereocenters. The first-order valence-corrected chi connectivity index (χ1v) is 9.65. The van der Waals surface area contributed by atoms with Crippen LogP contribution in [0.25, 0.3) is 21.5 Å². The quantitative estimate of drug-likeness (QED) is 0.643. The lowest BCUT2D eigenvalue weighted by atomic mass is 9.84. The standard InChI is InChI=1S/C23H23NO4/c1-26-14-6-7-15-16(10-14)17-11-20(27-2)21(28-3)12-18(17)19-9-13-5-4-8-24(13)23(25)22(15)19/h6-7,10-13H,4-5,8-9H2,1-3H3. The Labute approximate surface area is 163 Å². The lowest BCUT2D eigenvalue weighted by Gasteiger charge is -2.33. The first kappa shape index (κ1) is 17.2. The van der Waals surface area contributed by atoms with Crippen LogP contribution in [0.15, 0.2) is 30.3 Å².